The lowest BCUT2D eigenvalue weighted by Crippen LogP contribution is -2.39. The Labute approximate surface area is 228 Å². The average molecular weight is 549 g/mol. The normalized spacial score (nSPS) is 11.6. The van der Waals surface area contributed by atoms with Crippen molar-refractivity contribution in [1.82, 2.24) is 9.99 Å². The highest BCUT2D eigenvalue weighted by Crippen LogP contribution is 2.25. The molecule has 1 N–H and O–H groups in total. The highest BCUT2D eigenvalue weighted by molar-refractivity contribution is 7.92. The smallest absolute Gasteiger partial charge is 0.264 e. The average Bonchev–Trinajstić information content (AvgIpc) is 3.16. The van der Waals surface area contributed by atoms with Crippen molar-refractivity contribution in [3.8, 4) is 5.69 Å². The Morgan fingerprint density at radius 3 is 2.21 bits per heavy atom. The zero-order valence-corrected chi connectivity index (χ0v) is 23.2. The van der Waals surface area contributed by atoms with Crippen molar-refractivity contribution in [2.24, 2.45) is 5.10 Å². The van der Waals surface area contributed by atoms with Crippen LogP contribution >= 0.6 is 11.6 Å². The summed E-state index contributed by atoms with van der Waals surface area (Å²) in [6.45, 7) is 7.28. The molecule has 0 spiro atoms. The van der Waals surface area contributed by atoms with Gasteiger partial charge in [0.05, 0.1) is 16.8 Å². The molecule has 4 aromatic rings. The Morgan fingerprint density at radius 2 is 1.58 bits per heavy atom. The van der Waals surface area contributed by atoms with E-state index in [2.05, 4.69) is 10.5 Å². The van der Waals surface area contributed by atoms with E-state index in [0.717, 1.165) is 38.1 Å². The molecule has 196 valence electrons. The highest BCUT2D eigenvalue weighted by atomic mass is 35.5. The van der Waals surface area contributed by atoms with Crippen molar-refractivity contribution >= 4 is 39.4 Å². The number of nitrogens with one attached hydrogen (secondary N) is 1. The van der Waals surface area contributed by atoms with Crippen molar-refractivity contribution in [2.75, 3.05) is 10.8 Å². The summed E-state index contributed by atoms with van der Waals surface area (Å²) < 4.78 is 30.1. The van der Waals surface area contributed by atoms with E-state index >= 15 is 0 Å². The van der Waals surface area contributed by atoms with Crippen molar-refractivity contribution in [3.63, 3.8) is 0 Å². The van der Waals surface area contributed by atoms with Crippen LogP contribution < -0.4 is 9.73 Å². The maximum absolute atomic E-state index is 13.5. The molecule has 0 aliphatic carbocycles. The predicted molar refractivity (Wildman–Crippen MR) is 153 cm³/mol. The molecule has 0 fully saturated rings. The number of carbonyl (C=O) groups excluding carboxylic acids is 1. The maximum Gasteiger partial charge on any atom is 0.264 e. The van der Waals surface area contributed by atoms with Crippen LogP contribution in [0.15, 0.2) is 88.9 Å². The molecule has 38 heavy (non-hydrogen) atoms. The number of aryl methyl sites for hydroxylation is 3. The van der Waals surface area contributed by atoms with E-state index in [1.165, 1.54) is 12.1 Å². The molecule has 0 saturated carbocycles. The Bertz CT molecular complexity index is 1590. The number of aromatic nitrogens is 1. The summed E-state index contributed by atoms with van der Waals surface area (Å²) in [5.41, 5.74) is 8.41. The molecular formula is C29H29ClN4O3S. The molecule has 3 aromatic carbocycles. The molecule has 1 heterocycles. The van der Waals surface area contributed by atoms with Gasteiger partial charge in [-0.3, -0.25) is 9.10 Å². The lowest BCUT2D eigenvalue weighted by atomic mass is 10.2. The van der Waals surface area contributed by atoms with Gasteiger partial charge in [0, 0.05) is 27.7 Å². The predicted octanol–water partition coefficient (Wildman–Crippen LogP) is 5.71. The first-order valence-corrected chi connectivity index (χ1v) is 13.8. The molecule has 0 saturated heterocycles. The van der Waals surface area contributed by atoms with Crippen LogP contribution in [-0.2, 0) is 14.8 Å². The minimum atomic E-state index is -3.99. The summed E-state index contributed by atoms with van der Waals surface area (Å²) >= 11 is 6.16. The zero-order chi connectivity index (χ0) is 27.4. The largest absolute Gasteiger partial charge is 0.318 e. The van der Waals surface area contributed by atoms with Crippen molar-refractivity contribution < 1.29 is 13.2 Å². The molecule has 9 heteroatoms. The van der Waals surface area contributed by atoms with Gasteiger partial charge in [0.2, 0.25) is 0 Å². The van der Waals surface area contributed by atoms with Gasteiger partial charge in [-0.1, -0.05) is 53.1 Å². The molecule has 0 aliphatic rings. The molecule has 0 bridgehead atoms. The molecule has 0 radical (unpaired) electrons. The van der Waals surface area contributed by atoms with Crippen LogP contribution in [0, 0.1) is 27.7 Å². The summed E-state index contributed by atoms with van der Waals surface area (Å²) in [4.78, 5) is 13.0. The molecule has 1 aromatic heterocycles. The Morgan fingerprint density at radius 1 is 0.947 bits per heavy atom. The second kappa shape index (κ2) is 11.2. The van der Waals surface area contributed by atoms with Gasteiger partial charge in [0.15, 0.2) is 0 Å². The van der Waals surface area contributed by atoms with E-state index in [1.54, 1.807) is 42.6 Å². The Balaban J connectivity index is 1.55. The van der Waals surface area contributed by atoms with E-state index < -0.39 is 22.5 Å². The fourth-order valence-corrected chi connectivity index (χ4v) is 5.74. The lowest BCUT2D eigenvalue weighted by Gasteiger charge is -2.24. The van der Waals surface area contributed by atoms with Crippen LogP contribution in [0.3, 0.4) is 0 Å². The number of halogens is 1. The van der Waals surface area contributed by atoms with Crippen LogP contribution in [0.5, 0.6) is 0 Å². The summed E-state index contributed by atoms with van der Waals surface area (Å²) in [5.74, 6) is -0.568. The van der Waals surface area contributed by atoms with Gasteiger partial charge in [0.25, 0.3) is 15.9 Å². The van der Waals surface area contributed by atoms with Crippen molar-refractivity contribution in [3.05, 3.63) is 112 Å². The summed E-state index contributed by atoms with van der Waals surface area (Å²) in [6.07, 6.45) is 1.55. The standard InChI is InChI=1S/C29H29ClN4O3S/c1-20-8-12-26(13-9-20)33(38(36,37)28-14-10-21(2)11-15-28)19-29(35)32-31-18-24-16-22(3)34(23(24)4)27-7-5-6-25(30)17-27/h5-18H,19H2,1-4H3,(H,32,35)/b31-18-. The number of nitrogens with zero attached hydrogens (tertiary/aromatic N) is 3. The number of sulfonamides is 1. The number of benzene rings is 3. The monoisotopic (exact) mass is 548 g/mol. The van der Waals surface area contributed by atoms with E-state index in [4.69, 9.17) is 11.6 Å². The highest BCUT2D eigenvalue weighted by Gasteiger charge is 2.27. The lowest BCUT2D eigenvalue weighted by molar-refractivity contribution is -0.119. The van der Waals surface area contributed by atoms with Crippen LogP contribution in [0.25, 0.3) is 5.69 Å². The van der Waals surface area contributed by atoms with Crippen LogP contribution in [0.1, 0.15) is 28.1 Å². The van der Waals surface area contributed by atoms with E-state index in [1.807, 2.05) is 62.6 Å². The Hall–Kier alpha value is -3.88. The number of carbonyl (C=O) groups is 1. The van der Waals surface area contributed by atoms with Crippen LogP contribution in [-0.4, -0.2) is 31.7 Å². The number of rotatable bonds is 8. The Kier molecular flexibility index (Phi) is 8.04. The molecule has 0 aliphatic heterocycles. The van der Waals surface area contributed by atoms with Crippen LogP contribution in [0.4, 0.5) is 5.69 Å². The molecule has 0 atom stereocenters. The molecule has 0 unspecified atom stereocenters. The minimum Gasteiger partial charge on any atom is -0.318 e. The summed E-state index contributed by atoms with van der Waals surface area (Å²) in [7, 11) is -3.99. The maximum atomic E-state index is 13.5. The van der Waals surface area contributed by atoms with Gasteiger partial charge in [-0.05, 0) is 76.2 Å². The van der Waals surface area contributed by atoms with Gasteiger partial charge in [-0.2, -0.15) is 5.10 Å². The third kappa shape index (κ3) is 5.98. The minimum absolute atomic E-state index is 0.105. The first-order valence-electron chi connectivity index (χ1n) is 12.0. The quantitative estimate of drug-likeness (QED) is 0.226. The van der Waals surface area contributed by atoms with E-state index in [-0.39, 0.29) is 4.90 Å². The number of hydrogen-bond acceptors (Lipinski definition) is 4. The second-order valence-corrected chi connectivity index (χ2v) is 11.4. The summed E-state index contributed by atoms with van der Waals surface area (Å²) in [5, 5.41) is 4.75. The first kappa shape index (κ1) is 27.2. The van der Waals surface area contributed by atoms with E-state index in [0.29, 0.717) is 10.7 Å². The fraction of sp³-hybridized carbons (Fsp3) is 0.172. The number of anilines is 1. The topological polar surface area (TPSA) is 83.8 Å². The number of amides is 1. The van der Waals surface area contributed by atoms with Crippen LogP contribution in [0.2, 0.25) is 5.02 Å². The van der Waals surface area contributed by atoms with E-state index in [9.17, 15) is 13.2 Å². The third-order valence-corrected chi connectivity index (χ3v) is 8.17. The second-order valence-electron chi connectivity index (χ2n) is 9.10. The third-order valence-electron chi connectivity index (χ3n) is 6.15. The van der Waals surface area contributed by atoms with Crippen molar-refractivity contribution in [2.45, 2.75) is 32.6 Å². The first-order chi connectivity index (χ1) is 18.1. The van der Waals surface area contributed by atoms with Gasteiger partial charge in [-0.25, -0.2) is 13.8 Å². The molecule has 4 rings (SSSR count). The summed E-state index contributed by atoms with van der Waals surface area (Å²) in [6, 6.07) is 23.0. The van der Waals surface area contributed by atoms with Gasteiger partial charge in [-0.15, -0.1) is 0 Å². The van der Waals surface area contributed by atoms with Gasteiger partial charge >= 0.3 is 0 Å². The number of hydrogen-bond donors (Lipinski definition) is 1. The van der Waals surface area contributed by atoms with Crippen molar-refractivity contribution in [1.29, 1.82) is 0 Å². The SMILES string of the molecule is Cc1ccc(N(CC(=O)N/N=C\c2cc(C)n(-c3cccc(Cl)c3)c2C)S(=O)(=O)c2ccc(C)cc2)cc1. The van der Waals surface area contributed by atoms with Gasteiger partial charge < -0.3 is 4.57 Å². The number of hydrazone groups is 1. The molecule has 1 amide bonds. The fourth-order valence-electron chi connectivity index (χ4n) is 4.13. The molecule has 7 nitrogen and oxygen atoms in total. The zero-order valence-electron chi connectivity index (χ0n) is 21.6. The molecular weight excluding hydrogens is 520 g/mol. The van der Waals surface area contributed by atoms with Gasteiger partial charge in [0.1, 0.15) is 6.54 Å².